The average Bonchev–Trinajstić information content (AvgIpc) is 2.53. The molecule has 1 unspecified atom stereocenters. The minimum atomic E-state index is 0.589. The van der Waals surface area contributed by atoms with Crippen LogP contribution < -0.4 is 0 Å². The Kier molecular flexibility index (Phi) is 2.38. The van der Waals surface area contributed by atoms with Gasteiger partial charge in [0.1, 0.15) is 0 Å². The van der Waals surface area contributed by atoms with Crippen LogP contribution in [0.2, 0.25) is 0 Å². The monoisotopic (exact) mass is 179 g/mol. The van der Waals surface area contributed by atoms with Crippen LogP contribution in [-0.2, 0) is 0 Å². The van der Waals surface area contributed by atoms with E-state index in [9.17, 15) is 0 Å². The molecule has 1 nitrogen and oxygen atoms in total. The zero-order chi connectivity index (χ0) is 8.39. The molecule has 0 aliphatic carbocycles. The van der Waals surface area contributed by atoms with E-state index in [1.807, 2.05) is 11.8 Å². The van der Waals surface area contributed by atoms with Crippen molar-refractivity contribution in [3.63, 3.8) is 0 Å². The maximum absolute atomic E-state index is 2.40. The second-order valence-electron chi connectivity index (χ2n) is 3.11. The zero-order valence-corrected chi connectivity index (χ0v) is 8.05. The fourth-order valence-electron chi connectivity index (χ4n) is 1.52. The molecule has 1 heterocycles. The number of benzene rings is 1. The van der Waals surface area contributed by atoms with Gasteiger partial charge in [0.2, 0.25) is 0 Å². The summed E-state index contributed by atoms with van der Waals surface area (Å²) in [6, 6.07) is 10.7. The molecule has 0 saturated carbocycles. The molecule has 0 aromatic heterocycles. The molecule has 1 aliphatic heterocycles. The topological polar surface area (TPSA) is 3.24 Å². The third kappa shape index (κ3) is 1.50. The van der Waals surface area contributed by atoms with E-state index in [4.69, 9.17) is 0 Å². The Balaban J connectivity index is 2.19. The molecule has 1 aromatic carbocycles. The molecule has 0 bridgehead atoms. The van der Waals surface area contributed by atoms with E-state index in [1.54, 1.807) is 0 Å². The van der Waals surface area contributed by atoms with Crippen molar-refractivity contribution in [1.29, 1.82) is 0 Å². The van der Waals surface area contributed by atoms with Crippen molar-refractivity contribution in [2.75, 3.05) is 19.3 Å². The zero-order valence-electron chi connectivity index (χ0n) is 7.23. The van der Waals surface area contributed by atoms with Gasteiger partial charge in [-0.15, -0.1) is 11.8 Å². The van der Waals surface area contributed by atoms with E-state index in [0.717, 1.165) is 0 Å². The smallest absolute Gasteiger partial charge is 0.0812 e. The minimum Gasteiger partial charge on any atom is -0.290 e. The fraction of sp³-hybridized carbons (Fsp3) is 0.400. The molecule has 1 atom stereocenters. The molecule has 12 heavy (non-hydrogen) atoms. The van der Waals surface area contributed by atoms with Gasteiger partial charge in [-0.2, -0.15) is 0 Å². The second kappa shape index (κ2) is 3.50. The molecule has 1 aromatic rings. The summed E-state index contributed by atoms with van der Waals surface area (Å²) in [5, 5.41) is 0.589. The lowest BCUT2D eigenvalue weighted by Gasteiger charge is -2.18. The van der Waals surface area contributed by atoms with Gasteiger partial charge in [-0.05, 0) is 12.6 Å². The van der Waals surface area contributed by atoms with Crippen molar-refractivity contribution in [3.05, 3.63) is 35.9 Å². The summed E-state index contributed by atoms with van der Waals surface area (Å²) in [5.41, 5.74) is 1.43. The number of thioether (sulfide) groups is 1. The molecule has 0 amide bonds. The standard InChI is InChI=1S/C10H13NS/c1-11-7-8-12-10(11)9-5-3-2-4-6-9/h2-6,10H,7-8H2,1H3. The highest BCUT2D eigenvalue weighted by molar-refractivity contribution is 7.99. The number of nitrogens with zero attached hydrogens (tertiary/aromatic N) is 1. The Morgan fingerprint density at radius 2 is 2.08 bits per heavy atom. The van der Waals surface area contributed by atoms with E-state index < -0.39 is 0 Å². The van der Waals surface area contributed by atoms with Crippen molar-refractivity contribution >= 4 is 11.8 Å². The van der Waals surface area contributed by atoms with Crippen LogP contribution in [0.5, 0.6) is 0 Å². The van der Waals surface area contributed by atoms with Gasteiger partial charge in [-0.25, -0.2) is 0 Å². The highest BCUT2D eigenvalue weighted by Gasteiger charge is 2.22. The summed E-state index contributed by atoms with van der Waals surface area (Å²) in [6.45, 7) is 1.21. The van der Waals surface area contributed by atoms with Crippen molar-refractivity contribution in [2.45, 2.75) is 5.37 Å². The molecule has 64 valence electrons. The van der Waals surface area contributed by atoms with Gasteiger partial charge in [-0.3, -0.25) is 4.90 Å². The predicted octanol–water partition coefficient (Wildman–Crippen LogP) is 2.36. The van der Waals surface area contributed by atoms with Crippen LogP contribution in [0.3, 0.4) is 0 Å². The van der Waals surface area contributed by atoms with E-state index in [-0.39, 0.29) is 0 Å². The molecule has 1 saturated heterocycles. The largest absolute Gasteiger partial charge is 0.290 e. The van der Waals surface area contributed by atoms with Crippen molar-refractivity contribution in [1.82, 2.24) is 4.90 Å². The summed E-state index contributed by atoms with van der Waals surface area (Å²) in [6.07, 6.45) is 0. The van der Waals surface area contributed by atoms with Gasteiger partial charge in [-0.1, -0.05) is 30.3 Å². The van der Waals surface area contributed by atoms with E-state index in [1.165, 1.54) is 17.9 Å². The van der Waals surface area contributed by atoms with Crippen LogP contribution in [0.4, 0.5) is 0 Å². The first-order chi connectivity index (χ1) is 5.88. The van der Waals surface area contributed by atoms with E-state index in [0.29, 0.717) is 5.37 Å². The normalized spacial score (nSPS) is 24.6. The third-order valence-electron chi connectivity index (χ3n) is 2.20. The lowest BCUT2D eigenvalue weighted by Crippen LogP contribution is -2.16. The fourth-order valence-corrected chi connectivity index (χ4v) is 2.85. The Labute approximate surface area is 77.8 Å². The summed E-state index contributed by atoms with van der Waals surface area (Å²) in [4.78, 5) is 2.40. The summed E-state index contributed by atoms with van der Waals surface area (Å²) >= 11 is 2.03. The lowest BCUT2D eigenvalue weighted by molar-refractivity contribution is 0.358. The van der Waals surface area contributed by atoms with Crippen molar-refractivity contribution in [3.8, 4) is 0 Å². The van der Waals surface area contributed by atoms with E-state index in [2.05, 4.69) is 42.3 Å². The quantitative estimate of drug-likeness (QED) is 0.651. The van der Waals surface area contributed by atoms with Gasteiger partial charge < -0.3 is 0 Å². The van der Waals surface area contributed by atoms with Gasteiger partial charge in [0.15, 0.2) is 0 Å². The van der Waals surface area contributed by atoms with Crippen LogP contribution in [0.1, 0.15) is 10.9 Å². The second-order valence-corrected chi connectivity index (χ2v) is 4.30. The SMILES string of the molecule is CN1CCSC1c1ccccc1. The predicted molar refractivity (Wildman–Crippen MR) is 54.3 cm³/mol. The number of hydrogen-bond acceptors (Lipinski definition) is 2. The first-order valence-electron chi connectivity index (χ1n) is 4.25. The Hall–Kier alpha value is -0.470. The maximum Gasteiger partial charge on any atom is 0.0812 e. The summed E-state index contributed by atoms with van der Waals surface area (Å²) in [7, 11) is 2.19. The van der Waals surface area contributed by atoms with E-state index >= 15 is 0 Å². The van der Waals surface area contributed by atoms with Gasteiger partial charge in [0, 0.05) is 12.3 Å². The molecular formula is C10H13NS. The maximum atomic E-state index is 2.40. The lowest BCUT2D eigenvalue weighted by atomic mass is 10.2. The molecule has 0 N–H and O–H groups in total. The summed E-state index contributed by atoms with van der Waals surface area (Å²) < 4.78 is 0. The molecule has 1 fully saturated rings. The van der Waals surface area contributed by atoms with Gasteiger partial charge >= 0.3 is 0 Å². The molecule has 2 rings (SSSR count). The average molecular weight is 179 g/mol. The summed E-state index contributed by atoms with van der Waals surface area (Å²) in [5.74, 6) is 1.26. The molecule has 0 spiro atoms. The third-order valence-corrected chi connectivity index (χ3v) is 3.57. The van der Waals surface area contributed by atoms with Crippen molar-refractivity contribution in [2.24, 2.45) is 0 Å². The minimum absolute atomic E-state index is 0.589. The molecule has 2 heteroatoms. The van der Waals surface area contributed by atoms with Crippen LogP contribution >= 0.6 is 11.8 Å². The van der Waals surface area contributed by atoms with Crippen LogP contribution in [-0.4, -0.2) is 24.2 Å². The van der Waals surface area contributed by atoms with Crippen LogP contribution in [0, 0.1) is 0 Å². The van der Waals surface area contributed by atoms with Crippen LogP contribution in [0.15, 0.2) is 30.3 Å². The number of rotatable bonds is 1. The first-order valence-corrected chi connectivity index (χ1v) is 5.29. The van der Waals surface area contributed by atoms with Gasteiger partial charge in [0.25, 0.3) is 0 Å². The van der Waals surface area contributed by atoms with Crippen LogP contribution in [0.25, 0.3) is 0 Å². The Bertz CT molecular complexity index is 247. The first kappa shape index (κ1) is 8.14. The number of hydrogen-bond donors (Lipinski definition) is 0. The molecule has 1 aliphatic rings. The highest BCUT2D eigenvalue weighted by atomic mass is 32.2. The molecule has 0 radical (unpaired) electrons. The van der Waals surface area contributed by atoms with Crippen molar-refractivity contribution < 1.29 is 0 Å². The molecular weight excluding hydrogens is 166 g/mol. The Morgan fingerprint density at radius 1 is 1.33 bits per heavy atom. The highest BCUT2D eigenvalue weighted by Crippen LogP contribution is 2.35. The Morgan fingerprint density at radius 3 is 2.67 bits per heavy atom. The van der Waals surface area contributed by atoms with Gasteiger partial charge in [0.05, 0.1) is 5.37 Å².